The van der Waals surface area contributed by atoms with Crippen molar-refractivity contribution in [1.29, 1.82) is 0 Å². The van der Waals surface area contributed by atoms with E-state index in [1.165, 1.54) is 12.1 Å². The smallest absolute Gasteiger partial charge is 0.422 e. The Bertz CT molecular complexity index is 899. The lowest BCUT2D eigenvalue weighted by Gasteiger charge is -2.15. The molecule has 2 rings (SSSR count). The third kappa shape index (κ3) is 7.09. The molecule has 0 saturated heterocycles. The highest BCUT2D eigenvalue weighted by Crippen LogP contribution is 2.18. The number of rotatable bonds is 8. The average Bonchev–Trinajstić information content (AvgIpc) is 2.65. The van der Waals surface area contributed by atoms with Gasteiger partial charge in [-0.2, -0.15) is 13.2 Å². The summed E-state index contributed by atoms with van der Waals surface area (Å²) < 4.78 is 41.1. The molecule has 1 N–H and O–H groups in total. The summed E-state index contributed by atoms with van der Waals surface area (Å²) in [5.41, 5.74) is 1.21. The van der Waals surface area contributed by atoms with Crippen LogP contribution in [0.2, 0.25) is 0 Å². The first kappa shape index (κ1) is 23.2. The molecule has 2 heterocycles. The third-order valence-corrected chi connectivity index (χ3v) is 4.06. The second-order valence-electron chi connectivity index (χ2n) is 7.13. The average molecular weight is 424 g/mol. The molecule has 10 heteroatoms. The number of halogens is 3. The molecule has 1 unspecified atom stereocenters. The van der Waals surface area contributed by atoms with Crippen molar-refractivity contribution in [2.75, 3.05) is 6.61 Å². The van der Waals surface area contributed by atoms with Crippen LogP contribution in [0.3, 0.4) is 0 Å². The second-order valence-corrected chi connectivity index (χ2v) is 7.13. The van der Waals surface area contributed by atoms with Gasteiger partial charge in [0.05, 0.1) is 24.4 Å². The number of ether oxygens (including phenoxy) is 1. The number of nitrogens with zero attached hydrogens (tertiary/aromatic N) is 3. The van der Waals surface area contributed by atoms with E-state index in [0.717, 1.165) is 6.20 Å². The molecule has 0 aliphatic carbocycles. The predicted octanol–water partition coefficient (Wildman–Crippen LogP) is 3.38. The van der Waals surface area contributed by atoms with Gasteiger partial charge in [0.25, 0.3) is 5.91 Å². The van der Waals surface area contributed by atoms with Gasteiger partial charge in [0, 0.05) is 11.6 Å². The largest absolute Gasteiger partial charge is 0.483 e. The Labute approximate surface area is 172 Å². The Morgan fingerprint density at radius 3 is 2.43 bits per heavy atom. The lowest BCUT2D eigenvalue weighted by Crippen LogP contribution is -2.28. The summed E-state index contributed by atoms with van der Waals surface area (Å²) in [4.78, 5) is 36.8. The van der Waals surface area contributed by atoms with Crippen molar-refractivity contribution >= 4 is 11.7 Å². The van der Waals surface area contributed by atoms with Crippen LogP contribution >= 0.6 is 0 Å². The molecule has 30 heavy (non-hydrogen) atoms. The number of nitrogens with one attached hydrogen (secondary N) is 1. The van der Waals surface area contributed by atoms with E-state index in [9.17, 15) is 22.8 Å². The van der Waals surface area contributed by atoms with E-state index in [2.05, 4.69) is 25.0 Å². The van der Waals surface area contributed by atoms with Gasteiger partial charge in [0.1, 0.15) is 23.1 Å². The van der Waals surface area contributed by atoms with E-state index in [-0.39, 0.29) is 29.6 Å². The summed E-state index contributed by atoms with van der Waals surface area (Å²) in [7, 11) is 0. The number of pyridine rings is 1. The molecular formula is C20H23F3N4O3. The quantitative estimate of drug-likeness (QED) is 0.698. The van der Waals surface area contributed by atoms with Gasteiger partial charge in [-0.25, -0.2) is 15.0 Å². The van der Waals surface area contributed by atoms with Crippen molar-refractivity contribution in [2.24, 2.45) is 5.92 Å². The molecule has 7 nitrogen and oxygen atoms in total. The maximum absolute atomic E-state index is 12.4. The lowest BCUT2D eigenvalue weighted by atomic mass is 10.1. The first-order chi connectivity index (χ1) is 13.9. The number of Topliss-reactive ketones (excluding diaryl/α,β-unsaturated/α-hetero) is 1. The van der Waals surface area contributed by atoms with Crippen molar-refractivity contribution in [1.82, 2.24) is 20.3 Å². The number of carbonyl (C=O) groups excluding carboxylic acids is 2. The minimum atomic E-state index is -4.46. The van der Waals surface area contributed by atoms with Crippen LogP contribution in [-0.4, -0.2) is 39.4 Å². The summed E-state index contributed by atoms with van der Waals surface area (Å²) in [5.74, 6) is -0.359. The summed E-state index contributed by atoms with van der Waals surface area (Å²) >= 11 is 0. The van der Waals surface area contributed by atoms with Crippen molar-refractivity contribution in [3.8, 4) is 5.75 Å². The fraction of sp³-hybridized carbons (Fsp3) is 0.450. The van der Waals surface area contributed by atoms with Gasteiger partial charge < -0.3 is 10.1 Å². The van der Waals surface area contributed by atoms with Crippen LogP contribution in [-0.2, 0) is 11.2 Å². The predicted molar refractivity (Wildman–Crippen MR) is 102 cm³/mol. The van der Waals surface area contributed by atoms with E-state index in [0.29, 0.717) is 17.2 Å². The molecular weight excluding hydrogens is 401 g/mol. The number of aryl methyl sites for hydroxylation is 1. The number of carbonyl (C=O) groups is 2. The molecule has 0 aliphatic heterocycles. The zero-order valence-corrected chi connectivity index (χ0v) is 17.1. The molecule has 2 aromatic rings. The van der Waals surface area contributed by atoms with Gasteiger partial charge in [0.15, 0.2) is 6.61 Å². The van der Waals surface area contributed by atoms with Gasteiger partial charge in [-0.05, 0) is 32.0 Å². The molecule has 0 bridgehead atoms. The first-order valence-electron chi connectivity index (χ1n) is 9.28. The molecule has 0 saturated carbocycles. The highest BCUT2D eigenvalue weighted by atomic mass is 19.4. The second kappa shape index (κ2) is 9.64. The molecule has 0 aromatic carbocycles. The van der Waals surface area contributed by atoms with Gasteiger partial charge in [-0.3, -0.25) is 9.59 Å². The van der Waals surface area contributed by atoms with Crippen LogP contribution in [0.1, 0.15) is 54.5 Å². The molecule has 0 spiro atoms. The minimum absolute atomic E-state index is 0.0141. The van der Waals surface area contributed by atoms with E-state index >= 15 is 0 Å². The Morgan fingerprint density at radius 1 is 1.17 bits per heavy atom. The molecule has 1 amide bonds. The topological polar surface area (TPSA) is 94.1 Å². The van der Waals surface area contributed by atoms with Crippen LogP contribution < -0.4 is 10.1 Å². The lowest BCUT2D eigenvalue weighted by molar-refractivity contribution is -0.153. The first-order valence-corrected chi connectivity index (χ1v) is 9.28. The van der Waals surface area contributed by atoms with Gasteiger partial charge >= 0.3 is 6.18 Å². The van der Waals surface area contributed by atoms with Crippen LogP contribution in [0.4, 0.5) is 13.2 Å². The number of hydrogen-bond donors (Lipinski definition) is 1. The minimum Gasteiger partial charge on any atom is -0.483 e. The normalized spacial score (nSPS) is 12.5. The SMILES string of the molecule is Cc1cc(C(C)NC(=O)c2ccc(OCC(F)(F)F)cn2)nc(CC(=O)C(C)C)n1. The Morgan fingerprint density at radius 2 is 1.87 bits per heavy atom. The van der Waals surface area contributed by atoms with Crippen molar-refractivity contribution in [2.45, 2.75) is 46.3 Å². The Kier molecular flexibility index (Phi) is 7.47. The van der Waals surface area contributed by atoms with E-state index in [1.54, 1.807) is 33.8 Å². The Hall–Kier alpha value is -3.04. The summed E-state index contributed by atoms with van der Waals surface area (Å²) in [6, 6.07) is 3.71. The maximum atomic E-state index is 12.4. The number of ketones is 1. The van der Waals surface area contributed by atoms with E-state index < -0.39 is 24.7 Å². The molecule has 2 aromatic heterocycles. The monoisotopic (exact) mass is 424 g/mol. The number of amides is 1. The van der Waals surface area contributed by atoms with Crippen molar-refractivity contribution in [3.63, 3.8) is 0 Å². The zero-order chi connectivity index (χ0) is 22.5. The summed E-state index contributed by atoms with van der Waals surface area (Å²) in [5, 5.41) is 2.72. The van der Waals surface area contributed by atoms with Gasteiger partial charge in [0.2, 0.25) is 0 Å². The fourth-order valence-electron chi connectivity index (χ4n) is 2.43. The molecule has 0 fully saturated rings. The molecule has 162 valence electrons. The number of hydrogen-bond acceptors (Lipinski definition) is 6. The highest BCUT2D eigenvalue weighted by molar-refractivity contribution is 5.92. The van der Waals surface area contributed by atoms with Crippen molar-refractivity contribution < 1.29 is 27.5 Å². The standard InChI is InChI=1S/C20H23F3N4O3/c1-11(2)17(28)8-18-25-12(3)7-16(27-18)13(4)26-19(29)15-6-5-14(9-24-15)30-10-20(21,22)23/h5-7,9,11,13H,8,10H2,1-4H3,(H,26,29). The van der Waals surface area contributed by atoms with Crippen LogP contribution in [0, 0.1) is 12.8 Å². The summed E-state index contributed by atoms with van der Waals surface area (Å²) in [6.07, 6.45) is -3.30. The summed E-state index contributed by atoms with van der Waals surface area (Å²) in [6.45, 7) is 5.65. The molecule has 1 atom stereocenters. The van der Waals surface area contributed by atoms with Crippen LogP contribution in [0.5, 0.6) is 5.75 Å². The van der Waals surface area contributed by atoms with Crippen LogP contribution in [0.15, 0.2) is 24.4 Å². The van der Waals surface area contributed by atoms with E-state index in [1.807, 2.05) is 0 Å². The maximum Gasteiger partial charge on any atom is 0.422 e. The number of aromatic nitrogens is 3. The Balaban J connectivity index is 2.04. The van der Waals surface area contributed by atoms with Crippen molar-refractivity contribution in [3.05, 3.63) is 47.3 Å². The van der Waals surface area contributed by atoms with E-state index in [4.69, 9.17) is 0 Å². The zero-order valence-electron chi connectivity index (χ0n) is 17.1. The van der Waals surface area contributed by atoms with Gasteiger partial charge in [-0.1, -0.05) is 13.8 Å². The highest BCUT2D eigenvalue weighted by Gasteiger charge is 2.28. The fourth-order valence-corrected chi connectivity index (χ4v) is 2.43. The van der Waals surface area contributed by atoms with Gasteiger partial charge in [-0.15, -0.1) is 0 Å². The molecule has 0 aliphatic rings. The third-order valence-electron chi connectivity index (χ3n) is 4.06. The van der Waals surface area contributed by atoms with Crippen LogP contribution in [0.25, 0.3) is 0 Å². The molecule has 0 radical (unpaired) electrons. The number of alkyl halides is 3.